The highest BCUT2D eigenvalue weighted by Crippen LogP contribution is 2.21. The molecule has 12 heteroatoms. The van der Waals surface area contributed by atoms with E-state index in [4.69, 9.17) is 21.1 Å². The van der Waals surface area contributed by atoms with Crippen molar-refractivity contribution < 1.29 is 28.7 Å². The monoisotopic (exact) mass is 530 g/mol. The number of primary amides is 1. The average molecular weight is 531 g/mol. The second-order valence-electron chi connectivity index (χ2n) is 10.8. The minimum atomic E-state index is -0.789. The summed E-state index contributed by atoms with van der Waals surface area (Å²) in [7, 11) is 0. The lowest BCUT2D eigenvalue weighted by atomic mass is 9.99. The summed E-state index contributed by atoms with van der Waals surface area (Å²) in [4.78, 5) is 48.4. The summed E-state index contributed by atoms with van der Waals surface area (Å²) >= 11 is 0. The second kappa shape index (κ2) is 17.3. The van der Waals surface area contributed by atoms with Crippen LogP contribution in [0.1, 0.15) is 80.6 Å². The number of amides is 4. The van der Waals surface area contributed by atoms with E-state index in [1.54, 1.807) is 0 Å². The number of rotatable bonds is 20. The van der Waals surface area contributed by atoms with Crippen LogP contribution in [0, 0.1) is 5.92 Å². The Kier molecular flexibility index (Phi) is 16.2. The highest BCUT2D eigenvalue weighted by molar-refractivity contribution is 5.92. The smallest absolute Gasteiger partial charge is 0.312 e. The molecule has 0 rings (SSSR count). The zero-order valence-corrected chi connectivity index (χ0v) is 23.7. The molecule has 0 aromatic carbocycles. The summed E-state index contributed by atoms with van der Waals surface area (Å²) in [5.41, 5.74) is 6.68. The molecule has 4 amide bonds. The van der Waals surface area contributed by atoms with Gasteiger partial charge in [-0.05, 0) is 66.2 Å². The van der Waals surface area contributed by atoms with Gasteiger partial charge in [-0.2, -0.15) is 0 Å². The first-order chi connectivity index (χ1) is 17.1. The zero-order valence-electron chi connectivity index (χ0n) is 23.7. The standard InChI is InChI=1S/C25H50N6O6/c1-17(2)21(22(34)30-19(18(3)32)9-8-13-28-23(26)35)31-20(33)10-11-24(4,5)36-15-12-25(6,7)37-16-14-29-27/h17,19,21,29H,8-16,27H2,1-7H3,(H,30,34)(H,31,33)(H3,26,28,35). The Hall–Kier alpha value is -2.28. The van der Waals surface area contributed by atoms with E-state index in [9.17, 15) is 19.2 Å². The molecule has 8 N–H and O–H groups in total. The third-order valence-electron chi connectivity index (χ3n) is 5.93. The van der Waals surface area contributed by atoms with E-state index in [1.165, 1.54) is 6.92 Å². The van der Waals surface area contributed by atoms with E-state index in [2.05, 4.69) is 21.4 Å². The third kappa shape index (κ3) is 17.0. The number of carbonyl (C=O) groups excluding carboxylic acids is 4. The van der Waals surface area contributed by atoms with Crippen LogP contribution in [0.15, 0.2) is 0 Å². The van der Waals surface area contributed by atoms with Gasteiger partial charge in [-0.15, -0.1) is 0 Å². The predicted molar refractivity (Wildman–Crippen MR) is 142 cm³/mol. The molecule has 0 radical (unpaired) electrons. The van der Waals surface area contributed by atoms with Crippen LogP contribution in [0.5, 0.6) is 0 Å². The molecule has 0 bridgehead atoms. The highest BCUT2D eigenvalue weighted by Gasteiger charge is 2.29. The van der Waals surface area contributed by atoms with Gasteiger partial charge in [-0.25, -0.2) is 4.79 Å². The Morgan fingerprint density at radius 2 is 1.49 bits per heavy atom. The van der Waals surface area contributed by atoms with Gasteiger partial charge in [-0.1, -0.05) is 13.8 Å². The molecule has 2 unspecified atom stereocenters. The van der Waals surface area contributed by atoms with Crippen LogP contribution in [0.2, 0.25) is 0 Å². The number of ether oxygens (including phenoxy) is 2. The van der Waals surface area contributed by atoms with Crippen molar-refractivity contribution in [3.63, 3.8) is 0 Å². The van der Waals surface area contributed by atoms with E-state index in [0.717, 1.165) is 0 Å². The maximum Gasteiger partial charge on any atom is 0.312 e. The number of nitrogens with two attached hydrogens (primary N) is 2. The van der Waals surface area contributed by atoms with Gasteiger partial charge in [-0.3, -0.25) is 25.7 Å². The Labute approximate surface area is 221 Å². The largest absolute Gasteiger partial charge is 0.375 e. The van der Waals surface area contributed by atoms with Crippen molar-refractivity contribution >= 4 is 23.6 Å². The quantitative estimate of drug-likeness (QED) is 0.0760. The first kappa shape index (κ1) is 34.7. The Balaban J connectivity index is 4.73. The number of hydrogen-bond donors (Lipinski definition) is 6. The molecule has 216 valence electrons. The normalized spacial score (nSPS) is 13.6. The number of hydrogen-bond acceptors (Lipinski definition) is 8. The van der Waals surface area contributed by atoms with Crippen LogP contribution in [0.4, 0.5) is 4.79 Å². The lowest BCUT2D eigenvalue weighted by molar-refractivity contribution is -0.132. The molecule has 0 aliphatic carbocycles. The van der Waals surface area contributed by atoms with Crippen molar-refractivity contribution in [2.24, 2.45) is 17.5 Å². The summed E-state index contributed by atoms with van der Waals surface area (Å²) in [5, 5.41) is 7.98. The topological polar surface area (TPSA) is 187 Å². The predicted octanol–water partition coefficient (Wildman–Crippen LogP) is 0.874. The first-order valence-corrected chi connectivity index (χ1v) is 12.9. The van der Waals surface area contributed by atoms with Crippen molar-refractivity contribution in [1.29, 1.82) is 0 Å². The van der Waals surface area contributed by atoms with E-state index >= 15 is 0 Å². The van der Waals surface area contributed by atoms with Gasteiger partial charge in [0, 0.05) is 19.5 Å². The molecule has 0 saturated carbocycles. The van der Waals surface area contributed by atoms with Gasteiger partial charge in [0.2, 0.25) is 11.8 Å². The highest BCUT2D eigenvalue weighted by atomic mass is 16.5. The van der Waals surface area contributed by atoms with E-state index in [0.29, 0.717) is 52.0 Å². The maximum absolute atomic E-state index is 12.9. The molecule has 0 saturated heterocycles. The molecule has 0 aromatic heterocycles. The molecule has 0 aromatic rings. The molecule has 0 aliphatic rings. The van der Waals surface area contributed by atoms with Crippen molar-refractivity contribution in [3.05, 3.63) is 0 Å². The molecule has 2 atom stereocenters. The zero-order chi connectivity index (χ0) is 28.6. The lowest BCUT2D eigenvalue weighted by Gasteiger charge is -2.30. The SMILES string of the molecule is CC(=O)C(CCCNC(N)=O)NC(=O)C(NC(=O)CCC(C)(C)OCCC(C)(C)OCCNN)C(C)C. The first-order valence-electron chi connectivity index (χ1n) is 12.9. The number of ketones is 1. The summed E-state index contributed by atoms with van der Waals surface area (Å²) in [6, 6.07) is -2.15. The van der Waals surface area contributed by atoms with Crippen LogP contribution >= 0.6 is 0 Å². The minimum Gasteiger partial charge on any atom is -0.375 e. The van der Waals surface area contributed by atoms with Crippen molar-refractivity contribution in [2.75, 3.05) is 26.3 Å². The molecular formula is C25H50N6O6. The lowest BCUT2D eigenvalue weighted by Crippen LogP contribution is -2.53. The molecular weight excluding hydrogens is 480 g/mol. The fourth-order valence-electron chi connectivity index (χ4n) is 3.46. The number of hydrazine groups is 1. The average Bonchev–Trinajstić information content (AvgIpc) is 2.77. The molecule has 37 heavy (non-hydrogen) atoms. The molecule has 0 spiro atoms. The fraction of sp³-hybridized carbons (Fsp3) is 0.840. The van der Waals surface area contributed by atoms with Crippen LogP contribution < -0.4 is 33.0 Å². The van der Waals surface area contributed by atoms with Gasteiger partial charge in [0.25, 0.3) is 0 Å². The third-order valence-corrected chi connectivity index (χ3v) is 5.93. The number of nitrogens with one attached hydrogen (secondary N) is 4. The molecule has 12 nitrogen and oxygen atoms in total. The number of carbonyl (C=O) groups is 4. The van der Waals surface area contributed by atoms with Crippen LogP contribution in [-0.2, 0) is 23.9 Å². The number of Topliss-reactive ketones (excluding diaryl/α,β-unsaturated/α-hetero) is 1. The van der Waals surface area contributed by atoms with Gasteiger partial charge in [0.1, 0.15) is 6.04 Å². The van der Waals surface area contributed by atoms with Crippen molar-refractivity contribution in [3.8, 4) is 0 Å². The van der Waals surface area contributed by atoms with Crippen molar-refractivity contribution in [1.82, 2.24) is 21.4 Å². The second-order valence-corrected chi connectivity index (χ2v) is 10.8. The fourth-order valence-corrected chi connectivity index (χ4v) is 3.46. The van der Waals surface area contributed by atoms with Gasteiger partial charge >= 0.3 is 6.03 Å². The van der Waals surface area contributed by atoms with Gasteiger partial charge < -0.3 is 31.2 Å². The van der Waals surface area contributed by atoms with E-state index < -0.39 is 29.6 Å². The van der Waals surface area contributed by atoms with E-state index in [1.807, 2.05) is 41.5 Å². The summed E-state index contributed by atoms with van der Waals surface area (Å²) in [6.07, 6.45) is 2.14. The summed E-state index contributed by atoms with van der Waals surface area (Å²) in [5.74, 6) is 4.18. The molecule has 0 heterocycles. The molecule has 0 fully saturated rings. The Bertz CT molecular complexity index is 728. The van der Waals surface area contributed by atoms with Gasteiger partial charge in [0.15, 0.2) is 5.78 Å². The van der Waals surface area contributed by atoms with Crippen LogP contribution in [-0.4, -0.2) is 73.2 Å². The Morgan fingerprint density at radius 3 is 2.03 bits per heavy atom. The number of urea groups is 1. The van der Waals surface area contributed by atoms with Crippen LogP contribution in [0.25, 0.3) is 0 Å². The van der Waals surface area contributed by atoms with Crippen molar-refractivity contribution in [2.45, 2.75) is 104 Å². The minimum absolute atomic E-state index is 0.181. The summed E-state index contributed by atoms with van der Waals surface area (Å²) < 4.78 is 11.8. The Morgan fingerprint density at radius 1 is 0.892 bits per heavy atom. The maximum atomic E-state index is 12.9. The van der Waals surface area contributed by atoms with Crippen LogP contribution in [0.3, 0.4) is 0 Å². The summed E-state index contributed by atoms with van der Waals surface area (Å²) in [6.45, 7) is 14.7. The molecule has 0 aliphatic heterocycles. The van der Waals surface area contributed by atoms with Gasteiger partial charge in [0.05, 0.1) is 30.5 Å². The van der Waals surface area contributed by atoms with E-state index in [-0.39, 0.29) is 29.6 Å².